The fraction of sp³-hybridized carbons (Fsp3) is 0.500. The first-order chi connectivity index (χ1) is 7.24. The van der Waals surface area contributed by atoms with Gasteiger partial charge >= 0.3 is 0 Å². The van der Waals surface area contributed by atoms with E-state index in [-0.39, 0.29) is 0 Å². The second kappa shape index (κ2) is 5.37. The molecule has 1 unspecified atom stereocenters. The van der Waals surface area contributed by atoms with Crippen LogP contribution in [0.25, 0.3) is 0 Å². The Morgan fingerprint density at radius 1 is 1.60 bits per heavy atom. The molecule has 2 heterocycles. The van der Waals surface area contributed by atoms with Crippen LogP contribution in [0.3, 0.4) is 0 Å². The normalized spacial score (nSPS) is 23.3. The first-order valence-electron chi connectivity index (χ1n) is 4.92. The molecule has 1 aromatic heterocycles. The third-order valence-electron chi connectivity index (χ3n) is 2.08. The third kappa shape index (κ3) is 3.50. The molecule has 15 heavy (non-hydrogen) atoms. The summed E-state index contributed by atoms with van der Waals surface area (Å²) in [6.45, 7) is 3.07. The third-order valence-corrected chi connectivity index (χ3v) is 4.95. The van der Waals surface area contributed by atoms with Crippen LogP contribution in [-0.2, 0) is 6.42 Å². The van der Waals surface area contributed by atoms with E-state index in [2.05, 4.69) is 45.3 Å². The van der Waals surface area contributed by atoms with Gasteiger partial charge in [-0.3, -0.25) is 4.99 Å². The molecular formula is C10H13BrN2S2. The van der Waals surface area contributed by atoms with Gasteiger partial charge in [-0.25, -0.2) is 0 Å². The predicted molar refractivity (Wildman–Crippen MR) is 73.1 cm³/mol. The average molecular weight is 305 g/mol. The first-order valence-corrected chi connectivity index (χ1v) is 7.51. The van der Waals surface area contributed by atoms with Gasteiger partial charge < -0.3 is 5.32 Å². The van der Waals surface area contributed by atoms with Gasteiger partial charge in [0.1, 0.15) is 0 Å². The zero-order valence-corrected chi connectivity index (χ0v) is 11.7. The molecule has 1 aliphatic heterocycles. The van der Waals surface area contributed by atoms with Gasteiger partial charge in [-0.05, 0) is 35.0 Å². The number of hydrogen-bond acceptors (Lipinski definition) is 3. The van der Waals surface area contributed by atoms with Gasteiger partial charge in [-0.1, -0.05) is 11.8 Å². The lowest BCUT2D eigenvalue weighted by molar-refractivity contribution is 0.764. The smallest absolute Gasteiger partial charge is 0.156 e. The Bertz CT molecular complexity index is 362. The molecule has 0 saturated carbocycles. The van der Waals surface area contributed by atoms with E-state index in [0.717, 1.165) is 23.9 Å². The largest absolute Gasteiger partial charge is 0.362 e. The lowest BCUT2D eigenvalue weighted by Crippen LogP contribution is -2.23. The minimum atomic E-state index is 0.574. The second-order valence-electron chi connectivity index (χ2n) is 3.50. The highest BCUT2D eigenvalue weighted by molar-refractivity contribution is 9.11. The van der Waals surface area contributed by atoms with E-state index in [4.69, 9.17) is 0 Å². The van der Waals surface area contributed by atoms with Crippen molar-refractivity contribution in [3.8, 4) is 0 Å². The van der Waals surface area contributed by atoms with E-state index in [9.17, 15) is 0 Å². The molecule has 0 spiro atoms. The number of rotatable bonds is 3. The number of amidine groups is 1. The molecule has 2 rings (SSSR count). The van der Waals surface area contributed by atoms with Crippen LogP contribution in [0.4, 0.5) is 0 Å². The maximum atomic E-state index is 4.54. The van der Waals surface area contributed by atoms with Crippen molar-refractivity contribution < 1.29 is 0 Å². The minimum absolute atomic E-state index is 0.574. The van der Waals surface area contributed by atoms with Crippen LogP contribution in [0, 0.1) is 0 Å². The Balaban J connectivity index is 1.79. The Hall–Kier alpha value is -0.0000000000000000278. The molecule has 1 atom stereocenters. The van der Waals surface area contributed by atoms with Crippen LogP contribution < -0.4 is 5.32 Å². The molecule has 0 aromatic carbocycles. The van der Waals surface area contributed by atoms with Gasteiger partial charge in [0.25, 0.3) is 0 Å². The van der Waals surface area contributed by atoms with E-state index < -0.39 is 0 Å². The fourth-order valence-corrected chi connectivity index (χ4v) is 3.77. The van der Waals surface area contributed by atoms with Crippen LogP contribution in [-0.4, -0.2) is 23.5 Å². The molecule has 2 nitrogen and oxygen atoms in total. The number of thioether (sulfide) groups is 1. The molecule has 1 aromatic rings. The number of aliphatic imine (C=N–C) groups is 1. The van der Waals surface area contributed by atoms with E-state index in [1.807, 2.05) is 11.8 Å². The fourth-order valence-electron chi connectivity index (χ4n) is 1.34. The second-order valence-corrected chi connectivity index (χ2v) is 7.06. The number of hydrogen-bond donors (Lipinski definition) is 1. The molecular weight excluding hydrogens is 292 g/mol. The standard InChI is InChI=1S/C10H13BrN2S2/c1-7-6-14-10(13-7)12-5-4-8-2-3-9(11)15-8/h2-3,7H,4-6H2,1H3,(H,12,13). The van der Waals surface area contributed by atoms with Crippen molar-refractivity contribution in [1.29, 1.82) is 0 Å². The van der Waals surface area contributed by atoms with E-state index in [1.165, 1.54) is 8.66 Å². The van der Waals surface area contributed by atoms with Crippen LogP contribution in [0.2, 0.25) is 0 Å². The van der Waals surface area contributed by atoms with Crippen LogP contribution in [0.5, 0.6) is 0 Å². The zero-order chi connectivity index (χ0) is 10.7. The minimum Gasteiger partial charge on any atom is -0.362 e. The lowest BCUT2D eigenvalue weighted by Gasteiger charge is -2.00. The SMILES string of the molecule is CC1CSC(=NCCc2ccc(Br)s2)N1. The van der Waals surface area contributed by atoms with Gasteiger partial charge in [0.15, 0.2) is 5.17 Å². The highest BCUT2D eigenvalue weighted by Gasteiger charge is 2.14. The summed E-state index contributed by atoms with van der Waals surface area (Å²) < 4.78 is 1.20. The van der Waals surface area contributed by atoms with E-state index in [1.54, 1.807) is 11.3 Å². The van der Waals surface area contributed by atoms with E-state index >= 15 is 0 Å². The van der Waals surface area contributed by atoms with Crippen molar-refractivity contribution >= 4 is 44.2 Å². The quantitative estimate of drug-likeness (QED) is 0.928. The number of nitrogens with zero attached hydrogens (tertiary/aromatic N) is 1. The maximum Gasteiger partial charge on any atom is 0.156 e. The highest BCUT2D eigenvalue weighted by Crippen LogP contribution is 2.22. The number of thiophene rings is 1. The molecule has 1 fully saturated rings. The molecule has 0 aliphatic carbocycles. The molecule has 0 radical (unpaired) electrons. The van der Waals surface area contributed by atoms with Crippen molar-refractivity contribution in [3.63, 3.8) is 0 Å². The summed E-state index contributed by atoms with van der Waals surface area (Å²) in [6.07, 6.45) is 1.04. The molecule has 1 saturated heterocycles. The van der Waals surface area contributed by atoms with Gasteiger partial charge in [-0.2, -0.15) is 0 Å². The van der Waals surface area contributed by atoms with Crippen molar-refractivity contribution in [3.05, 3.63) is 20.8 Å². The molecule has 1 aliphatic rings. The molecule has 5 heteroatoms. The molecule has 0 bridgehead atoms. The van der Waals surface area contributed by atoms with Crippen molar-refractivity contribution in [2.75, 3.05) is 12.3 Å². The predicted octanol–water partition coefficient (Wildman–Crippen LogP) is 3.13. The van der Waals surface area contributed by atoms with Gasteiger partial charge in [0, 0.05) is 29.6 Å². The Morgan fingerprint density at radius 3 is 3.07 bits per heavy atom. The van der Waals surface area contributed by atoms with Crippen LogP contribution in [0.15, 0.2) is 20.9 Å². The van der Waals surface area contributed by atoms with Gasteiger partial charge in [-0.15, -0.1) is 11.3 Å². The van der Waals surface area contributed by atoms with Gasteiger partial charge in [0.05, 0.1) is 3.79 Å². The summed E-state index contributed by atoms with van der Waals surface area (Å²) in [4.78, 5) is 5.93. The number of halogens is 1. The summed E-state index contributed by atoms with van der Waals surface area (Å²) >= 11 is 7.08. The summed E-state index contributed by atoms with van der Waals surface area (Å²) in [5.41, 5.74) is 0. The van der Waals surface area contributed by atoms with Crippen molar-refractivity contribution in [1.82, 2.24) is 5.32 Å². The lowest BCUT2D eigenvalue weighted by atomic mass is 10.3. The summed E-state index contributed by atoms with van der Waals surface area (Å²) in [6, 6.07) is 4.83. The maximum absolute atomic E-state index is 4.54. The zero-order valence-electron chi connectivity index (χ0n) is 8.50. The molecule has 1 N–H and O–H groups in total. The Morgan fingerprint density at radius 2 is 2.47 bits per heavy atom. The van der Waals surface area contributed by atoms with Crippen LogP contribution in [0.1, 0.15) is 11.8 Å². The number of nitrogens with one attached hydrogen (secondary N) is 1. The summed E-state index contributed by atoms with van der Waals surface area (Å²) in [5, 5.41) is 4.46. The highest BCUT2D eigenvalue weighted by atomic mass is 79.9. The van der Waals surface area contributed by atoms with Gasteiger partial charge in [0.2, 0.25) is 0 Å². The summed E-state index contributed by atoms with van der Waals surface area (Å²) in [5.74, 6) is 1.14. The monoisotopic (exact) mass is 304 g/mol. The average Bonchev–Trinajstić information content (AvgIpc) is 2.76. The Labute approximate surface area is 107 Å². The summed E-state index contributed by atoms with van der Waals surface area (Å²) in [7, 11) is 0. The molecule has 0 amide bonds. The Kier molecular flexibility index (Phi) is 4.11. The first kappa shape index (κ1) is 11.5. The van der Waals surface area contributed by atoms with Crippen LogP contribution >= 0.6 is 39.0 Å². The topological polar surface area (TPSA) is 24.4 Å². The van der Waals surface area contributed by atoms with Crippen molar-refractivity contribution in [2.45, 2.75) is 19.4 Å². The van der Waals surface area contributed by atoms with E-state index in [0.29, 0.717) is 6.04 Å². The molecule has 82 valence electrons. The van der Waals surface area contributed by atoms with Crippen molar-refractivity contribution in [2.24, 2.45) is 4.99 Å².